The molecule has 1 aromatic heterocycles. The van der Waals surface area contributed by atoms with Crippen molar-refractivity contribution >= 4 is 52.3 Å². The second-order valence-electron chi connectivity index (χ2n) is 4.94. The molecular formula is C16H16ClNO3S2. The van der Waals surface area contributed by atoms with Gasteiger partial charge in [0.15, 0.2) is 0 Å². The van der Waals surface area contributed by atoms with Gasteiger partial charge >= 0.3 is 5.97 Å². The Kier molecular flexibility index (Phi) is 6.50. The molecule has 0 aliphatic carbocycles. The summed E-state index contributed by atoms with van der Waals surface area (Å²) in [6, 6.07) is 11.1. The third-order valence-corrected chi connectivity index (χ3v) is 5.51. The molecule has 7 heteroatoms. The van der Waals surface area contributed by atoms with Gasteiger partial charge in [0, 0.05) is 16.3 Å². The van der Waals surface area contributed by atoms with Crippen LogP contribution in [0.5, 0.6) is 0 Å². The van der Waals surface area contributed by atoms with Crippen LogP contribution in [0.2, 0.25) is 4.34 Å². The normalized spacial score (nSPS) is 11.9. The predicted octanol–water partition coefficient (Wildman–Crippen LogP) is 4.46. The third kappa shape index (κ3) is 5.57. The van der Waals surface area contributed by atoms with E-state index in [-0.39, 0.29) is 17.6 Å². The lowest BCUT2D eigenvalue weighted by Crippen LogP contribution is -2.18. The van der Waals surface area contributed by atoms with Gasteiger partial charge in [-0.1, -0.05) is 23.7 Å². The molecule has 1 amide bonds. The summed E-state index contributed by atoms with van der Waals surface area (Å²) in [6.07, 6.45) is 0. The van der Waals surface area contributed by atoms with Gasteiger partial charge in [0.05, 0.1) is 16.0 Å². The number of aliphatic carboxylic acids is 1. The highest BCUT2D eigenvalue weighted by atomic mass is 35.5. The SMILES string of the molecule is CC(C(=O)Nc1cccc(CSCC(=O)O)c1)c1ccc(Cl)s1. The smallest absolute Gasteiger partial charge is 0.313 e. The van der Waals surface area contributed by atoms with Crippen LogP contribution in [0.15, 0.2) is 36.4 Å². The number of amides is 1. The minimum atomic E-state index is -0.831. The van der Waals surface area contributed by atoms with Crippen molar-refractivity contribution in [1.82, 2.24) is 0 Å². The molecule has 1 unspecified atom stereocenters. The summed E-state index contributed by atoms with van der Waals surface area (Å²) in [6.45, 7) is 1.84. The molecule has 4 nitrogen and oxygen atoms in total. The number of anilines is 1. The Morgan fingerprint density at radius 3 is 2.78 bits per heavy atom. The van der Waals surface area contributed by atoms with E-state index in [0.717, 1.165) is 10.4 Å². The minimum absolute atomic E-state index is 0.0623. The maximum absolute atomic E-state index is 12.3. The van der Waals surface area contributed by atoms with Crippen LogP contribution < -0.4 is 5.32 Å². The summed E-state index contributed by atoms with van der Waals surface area (Å²) in [7, 11) is 0. The van der Waals surface area contributed by atoms with Crippen molar-refractivity contribution in [1.29, 1.82) is 0 Å². The number of carboxylic acid groups (broad SMARTS) is 1. The maximum atomic E-state index is 12.3. The number of carbonyl (C=O) groups is 2. The minimum Gasteiger partial charge on any atom is -0.481 e. The molecular weight excluding hydrogens is 354 g/mol. The van der Waals surface area contributed by atoms with Gasteiger partial charge in [0.1, 0.15) is 0 Å². The number of hydrogen-bond donors (Lipinski definition) is 2. The fourth-order valence-corrected chi connectivity index (χ4v) is 3.74. The van der Waals surface area contributed by atoms with Crippen LogP contribution in [0.3, 0.4) is 0 Å². The Morgan fingerprint density at radius 1 is 1.35 bits per heavy atom. The van der Waals surface area contributed by atoms with Crippen molar-refractivity contribution in [2.45, 2.75) is 18.6 Å². The molecule has 0 spiro atoms. The number of halogens is 1. The highest BCUT2D eigenvalue weighted by molar-refractivity contribution is 7.99. The topological polar surface area (TPSA) is 66.4 Å². The number of benzene rings is 1. The van der Waals surface area contributed by atoms with Gasteiger partial charge in [0.25, 0.3) is 0 Å². The summed E-state index contributed by atoms with van der Waals surface area (Å²) >= 11 is 8.62. The molecule has 2 N–H and O–H groups in total. The van der Waals surface area contributed by atoms with E-state index in [0.29, 0.717) is 15.8 Å². The lowest BCUT2D eigenvalue weighted by Gasteiger charge is -2.11. The van der Waals surface area contributed by atoms with Gasteiger partial charge in [0.2, 0.25) is 5.91 Å². The maximum Gasteiger partial charge on any atom is 0.313 e. The standard InChI is InChI=1S/C16H16ClNO3S2/c1-10(13-5-6-14(17)23-13)16(21)18-12-4-2-3-11(7-12)8-22-9-15(19)20/h2-7,10H,8-9H2,1H3,(H,18,21)(H,19,20). The number of hydrogen-bond acceptors (Lipinski definition) is 4. The molecule has 1 heterocycles. The second kappa shape index (κ2) is 8.38. The molecule has 23 heavy (non-hydrogen) atoms. The van der Waals surface area contributed by atoms with Gasteiger partial charge in [-0.25, -0.2) is 0 Å². The molecule has 1 aromatic carbocycles. The Bertz CT molecular complexity index is 702. The van der Waals surface area contributed by atoms with E-state index in [4.69, 9.17) is 16.7 Å². The summed E-state index contributed by atoms with van der Waals surface area (Å²) in [5.74, 6) is -0.557. The first kappa shape index (κ1) is 17.8. The van der Waals surface area contributed by atoms with Crippen molar-refractivity contribution in [3.8, 4) is 0 Å². The van der Waals surface area contributed by atoms with E-state index in [9.17, 15) is 9.59 Å². The van der Waals surface area contributed by atoms with Crippen molar-refractivity contribution in [3.05, 3.63) is 51.2 Å². The summed E-state index contributed by atoms with van der Waals surface area (Å²) < 4.78 is 0.664. The number of carbonyl (C=O) groups excluding carboxylic acids is 1. The number of rotatable bonds is 7. The Labute approximate surface area is 147 Å². The van der Waals surface area contributed by atoms with Crippen LogP contribution in [0.25, 0.3) is 0 Å². The molecule has 1 atom stereocenters. The van der Waals surface area contributed by atoms with Gasteiger partial charge in [-0.15, -0.1) is 23.1 Å². The van der Waals surface area contributed by atoms with Gasteiger partial charge < -0.3 is 10.4 Å². The molecule has 2 rings (SSSR count). The van der Waals surface area contributed by atoms with Gasteiger partial charge in [-0.2, -0.15) is 0 Å². The second-order valence-corrected chi connectivity index (χ2v) is 7.67. The van der Waals surface area contributed by atoms with Crippen molar-refractivity contribution in [2.75, 3.05) is 11.1 Å². The molecule has 0 aliphatic rings. The van der Waals surface area contributed by atoms with Crippen LogP contribution in [0, 0.1) is 0 Å². The number of thioether (sulfide) groups is 1. The largest absolute Gasteiger partial charge is 0.481 e. The molecule has 122 valence electrons. The van der Waals surface area contributed by atoms with E-state index in [1.807, 2.05) is 37.3 Å². The van der Waals surface area contributed by atoms with Crippen molar-refractivity contribution in [2.24, 2.45) is 0 Å². The predicted molar refractivity (Wildman–Crippen MR) is 96.6 cm³/mol. The first-order chi connectivity index (χ1) is 11.0. The third-order valence-electron chi connectivity index (χ3n) is 3.10. The van der Waals surface area contributed by atoms with Crippen LogP contribution in [0.4, 0.5) is 5.69 Å². The number of thiophene rings is 1. The van der Waals surface area contributed by atoms with Crippen LogP contribution in [0.1, 0.15) is 23.3 Å². The highest BCUT2D eigenvalue weighted by Crippen LogP contribution is 2.29. The Hall–Kier alpha value is -1.50. The van der Waals surface area contributed by atoms with E-state index in [1.165, 1.54) is 23.1 Å². The lowest BCUT2D eigenvalue weighted by molar-refractivity contribution is -0.133. The highest BCUT2D eigenvalue weighted by Gasteiger charge is 2.17. The fourth-order valence-electron chi connectivity index (χ4n) is 1.94. The Morgan fingerprint density at radius 2 is 2.13 bits per heavy atom. The molecule has 0 bridgehead atoms. The molecule has 2 aromatic rings. The first-order valence-electron chi connectivity index (χ1n) is 6.90. The van der Waals surface area contributed by atoms with E-state index >= 15 is 0 Å². The number of carboxylic acids is 1. The monoisotopic (exact) mass is 369 g/mol. The lowest BCUT2D eigenvalue weighted by atomic mass is 10.1. The molecule has 0 aliphatic heterocycles. The molecule has 0 saturated heterocycles. The summed E-state index contributed by atoms with van der Waals surface area (Å²) in [5, 5.41) is 11.5. The molecule has 0 fully saturated rings. The quantitative estimate of drug-likeness (QED) is 0.756. The fraction of sp³-hybridized carbons (Fsp3) is 0.250. The van der Waals surface area contributed by atoms with E-state index in [2.05, 4.69) is 5.32 Å². The first-order valence-corrected chi connectivity index (χ1v) is 9.25. The van der Waals surface area contributed by atoms with Crippen molar-refractivity contribution in [3.63, 3.8) is 0 Å². The van der Waals surface area contributed by atoms with Gasteiger partial charge in [-0.3, -0.25) is 9.59 Å². The molecule has 0 saturated carbocycles. The van der Waals surface area contributed by atoms with E-state index in [1.54, 1.807) is 6.07 Å². The van der Waals surface area contributed by atoms with Crippen LogP contribution in [-0.4, -0.2) is 22.7 Å². The Balaban J connectivity index is 1.96. The van der Waals surface area contributed by atoms with Crippen LogP contribution >= 0.6 is 34.7 Å². The zero-order valence-corrected chi connectivity index (χ0v) is 14.8. The zero-order valence-electron chi connectivity index (χ0n) is 12.4. The summed E-state index contributed by atoms with van der Waals surface area (Å²) in [5.41, 5.74) is 1.68. The zero-order chi connectivity index (χ0) is 16.8. The van der Waals surface area contributed by atoms with Crippen molar-refractivity contribution < 1.29 is 14.7 Å². The molecule has 0 radical (unpaired) electrons. The average Bonchev–Trinajstić information content (AvgIpc) is 2.93. The van der Waals surface area contributed by atoms with Crippen LogP contribution in [-0.2, 0) is 15.3 Å². The average molecular weight is 370 g/mol. The van der Waals surface area contributed by atoms with Gasteiger partial charge in [-0.05, 0) is 36.8 Å². The summed E-state index contributed by atoms with van der Waals surface area (Å²) in [4.78, 5) is 23.8. The van der Waals surface area contributed by atoms with E-state index < -0.39 is 5.97 Å². The number of nitrogens with one attached hydrogen (secondary N) is 1.